The minimum atomic E-state index is -0.298. The fraction of sp³-hybridized carbons (Fsp3) is 0.136. The zero-order chi connectivity index (χ0) is 20.0. The maximum absolute atomic E-state index is 13.3. The van der Waals surface area contributed by atoms with Crippen LogP contribution in [0, 0.1) is 4.91 Å². The SMILES string of the molecule is O=C(c1cccs1)N1CCc2c([nH]c3ccccc23)C1c1ccc([N+](=O)O)cc1. The zero-order valence-electron chi connectivity index (χ0n) is 15.4. The normalized spacial score (nSPS) is 16.0. The van der Waals surface area contributed by atoms with E-state index in [1.807, 2.05) is 40.6 Å². The van der Waals surface area contributed by atoms with Crippen LogP contribution >= 0.6 is 11.3 Å². The topological polar surface area (TPSA) is 76.4 Å². The van der Waals surface area contributed by atoms with Gasteiger partial charge in [-0.2, -0.15) is 0 Å². The number of aromatic amines is 1. The molecule has 6 nitrogen and oxygen atoms in total. The van der Waals surface area contributed by atoms with Crippen molar-refractivity contribution in [3.8, 4) is 0 Å². The van der Waals surface area contributed by atoms with Crippen LogP contribution in [0.2, 0.25) is 0 Å². The summed E-state index contributed by atoms with van der Waals surface area (Å²) >= 11 is 1.43. The number of carbonyl (C=O) groups excluding carboxylic acids is 1. The van der Waals surface area contributed by atoms with Crippen LogP contribution in [0.15, 0.2) is 66.0 Å². The standard InChI is InChI=1S/C22H18N3O3S/c26-22(19-6-3-13-29-19)24-12-11-17-16-4-1-2-5-18(16)23-20(17)21(24)14-7-9-15(10-8-14)25(27)28/h1-10,13,21,23H,11-12H2,(H,27,28)/q+1. The van der Waals surface area contributed by atoms with Crippen LogP contribution in [-0.4, -0.2) is 32.5 Å². The summed E-state index contributed by atoms with van der Waals surface area (Å²) in [6.45, 7) is 0.603. The molecule has 3 heterocycles. The molecule has 0 saturated heterocycles. The number of benzene rings is 2. The lowest BCUT2D eigenvalue weighted by molar-refractivity contribution is -0.729. The molecule has 144 valence electrons. The Kier molecular flexibility index (Phi) is 4.17. The molecular formula is C22H18N3O3S+. The van der Waals surface area contributed by atoms with Gasteiger partial charge in [-0.3, -0.25) is 4.79 Å². The van der Waals surface area contributed by atoms with Gasteiger partial charge >= 0.3 is 5.69 Å². The number of carbonyl (C=O) groups is 1. The van der Waals surface area contributed by atoms with Gasteiger partial charge in [0.1, 0.15) is 0 Å². The fourth-order valence-electron chi connectivity index (χ4n) is 4.13. The van der Waals surface area contributed by atoms with E-state index in [-0.39, 0.29) is 22.6 Å². The molecule has 2 aromatic heterocycles. The molecule has 1 aliphatic rings. The number of thiophene rings is 1. The predicted octanol–water partition coefficient (Wildman–Crippen LogP) is 4.82. The number of rotatable bonds is 3. The molecule has 0 radical (unpaired) electrons. The average molecular weight is 404 g/mol. The highest BCUT2D eigenvalue weighted by molar-refractivity contribution is 7.12. The Morgan fingerprint density at radius 2 is 1.90 bits per heavy atom. The molecule has 1 atom stereocenters. The summed E-state index contributed by atoms with van der Waals surface area (Å²) < 4.78 is 0. The third kappa shape index (κ3) is 2.91. The van der Waals surface area contributed by atoms with E-state index in [9.17, 15) is 9.70 Å². The van der Waals surface area contributed by atoms with Crippen molar-refractivity contribution in [2.75, 3.05) is 6.54 Å². The maximum Gasteiger partial charge on any atom is 0.316 e. The zero-order valence-corrected chi connectivity index (χ0v) is 16.2. The quantitative estimate of drug-likeness (QED) is 0.481. The molecule has 0 bridgehead atoms. The predicted molar refractivity (Wildman–Crippen MR) is 111 cm³/mol. The summed E-state index contributed by atoms with van der Waals surface area (Å²) in [6.07, 6.45) is 0.774. The van der Waals surface area contributed by atoms with Gasteiger partial charge in [0.05, 0.1) is 15.8 Å². The van der Waals surface area contributed by atoms with E-state index in [1.54, 1.807) is 24.3 Å². The first-order chi connectivity index (χ1) is 14.1. The molecule has 1 amide bonds. The van der Waals surface area contributed by atoms with Gasteiger partial charge in [0.25, 0.3) is 10.8 Å². The monoisotopic (exact) mass is 404 g/mol. The molecular weight excluding hydrogens is 386 g/mol. The number of nitrogens with zero attached hydrogens (tertiary/aromatic N) is 2. The van der Waals surface area contributed by atoms with Crippen LogP contribution in [0.4, 0.5) is 5.69 Å². The Labute approximate surface area is 170 Å². The van der Waals surface area contributed by atoms with Gasteiger partial charge in [-0.05, 0) is 47.2 Å². The molecule has 1 unspecified atom stereocenters. The lowest BCUT2D eigenvalue weighted by Gasteiger charge is -2.36. The Bertz CT molecular complexity index is 1210. The summed E-state index contributed by atoms with van der Waals surface area (Å²) in [5.74, 6) is -0.00834. The second kappa shape index (κ2) is 6.86. The van der Waals surface area contributed by atoms with Crippen LogP contribution in [0.1, 0.15) is 32.5 Å². The van der Waals surface area contributed by atoms with Gasteiger partial charge in [-0.25, -0.2) is 5.21 Å². The van der Waals surface area contributed by atoms with Crippen LogP contribution in [0.5, 0.6) is 0 Å². The van der Waals surface area contributed by atoms with E-state index in [4.69, 9.17) is 5.21 Å². The van der Waals surface area contributed by atoms with E-state index in [0.29, 0.717) is 11.4 Å². The molecule has 0 fully saturated rings. The summed E-state index contributed by atoms with van der Waals surface area (Å²) in [6, 6.07) is 18.3. The average Bonchev–Trinajstić information content (AvgIpc) is 3.40. The van der Waals surface area contributed by atoms with E-state index < -0.39 is 0 Å². The first-order valence-corrected chi connectivity index (χ1v) is 10.2. The number of fused-ring (bicyclic) bond motifs is 3. The molecule has 0 aliphatic carbocycles. The van der Waals surface area contributed by atoms with E-state index in [2.05, 4.69) is 11.1 Å². The molecule has 0 spiro atoms. The smallest absolute Gasteiger partial charge is 0.316 e. The van der Waals surface area contributed by atoms with E-state index >= 15 is 0 Å². The van der Waals surface area contributed by atoms with Gasteiger partial charge in [0.2, 0.25) is 0 Å². The molecule has 29 heavy (non-hydrogen) atoms. The number of para-hydroxylation sites is 1. The number of H-pyrrole nitrogens is 1. The molecule has 5 rings (SSSR count). The molecule has 2 N–H and O–H groups in total. The summed E-state index contributed by atoms with van der Waals surface area (Å²) in [5.41, 5.74) is 4.30. The first kappa shape index (κ1) is 17.6. The summed E-state index contributed by atoms with van der Waals surface area (Å²) in [4.78, 5) is 30.4. The lowest BCUT2D eigenvalue weighted by atomic mass is 9.92. The molecule has 1 aliphatic heterocycles. The highest BCUT2D eigenvalue weighted by Crippen LogP contribution is 2.39. The minimum Gasteiger partial charge on any atom is -0.356 e. The largest absolute Gasteiger partial charge is 0.356 e. The van der Waals surface area contributed by atoms with Crippen molar-refractivity contribution in [2.24, 2.45) is 0 Å². The van der Waals surface area contributed by atoms with E-state index in [0.717, 1.165) is 23.2 Å². The Morgan fingerprint density at radius 3 is 2.62 bits per heavy atom. The Balaban J connectivity index is 1.66. The van der Waals surface area contributed by atoms with Crippen LogP contribution < -0.4 is 0 Å². The van der Waals surface area contributed by atoms with Gasteiger partial charge in [-0.15, -0.1) is 11.3 Å². The number of hydrogen-bond acceptors (Lipinski definition) is 3. The van der Waals surface area contributed by atoms with Crippen molar-refractivity contribution in [2.45, 2.75) is 12.5 Å². The van der Waals surface area contributed by atoms with Crippen molar-refractivity contribution in [3.05, 3.63) is 92.6 Å². The first-order valence-electron chi connectivity index (χ1n) is 9.33. The van der Waals surface area contributed by atoms with Crippen LogP contribution in [0.25, 0.3) is 10.9 Å². The number of aromatic nitrogens is 1. The molecule has 4 aromatic rings. The van der Waals surface area contributed by atoms with Gasteiger partial charge in [-0.1, -0.05) is 24.3 Å². The Hall–Kier alpha value is -3.45. The second-order valence-corrected chi connectivity index (χ2v) is 8.00. The fourth-order valence-corrected chi connectivity index (χ4v) is 4.81. The number of amides is 1. The number of hydrogen-bond donors (Lipinski definition) is 2. The van der Waals surface area contributed by atoms with Crippen molar-refractivity contribution < 1.29 is 14.9 Å². The van der Waals surface area contributed by atoms with Gasteiger partial charge in [0, 0.05) is 35.3 Å². The van der Waals surface area contributed by atoms with Crippen molar-refractivity contribution in [1.82, 2.24) is 9.88 Å². The third-order valence-corrected chi connectivity index (χ3v) is 6.31. The van der Waals surface area contributed by atoms with Gasteiger partial charge < -0.3 is 9.88 Å². The van der Waals surface area contributed by atoms with Crippen molar-refractivity contribution >= 4 is 33.8 Å². The minimum absolute atomic E-state index is 0.00834. The van der Waals surface area contributed by atoms with Crippen molar-refractivity contribution in [3.63, 3.8) is 0 Å². The second-order valence-electron chi connectivity index (χ2n) is 7.06. The highest BCUT2D eigenvalue weighted by atomic mass is 32.1. The van der Waals surface area contributed by atoms with Crippen LogP contribution in [0.3, 0.4) is 0 Å². The molecule has 7 heteroatoms. The summed E-state index contributed by atoms with van der Waals surface area (Å²) in [7, 11) is 0. The Morgan fingerprint density at radius 1 is 1.10 bits per heavy atom. The third-order valence-electron chi connectivity index (χ3n) is 5.46. The van der Waals surface area contributed by atoms with Crippen molar-refractivity contribution in [1.29, 1.82) is 0 Å². The van der Waals surface area contributed by atoms with Crippen LogP contribution in [-0.2, 0) is 6.42 Å². The maximum atomic E-state index is 13.3. The molecule has 0 saturated carbocycles. The summed E-state index contributed by atoms with van der Waals surface area (Å²) in [5, 5.41) is 12.2. The highest BCUT2D eigenvalue weighted by Gasteiger charge is 2.35. The number of nitrogens with one attached hydrogen (secondary N) is 1. The lowest BCUT2D eigenvalue weighted by Crippen LogP contribution is -2.40. The van der Waals surface area contributed by atoms with Gasteiger partial charge in [0.15, 0.2) is 0 Å². The molecule has 2 aromatic carbocycles. The van der Waals surface area contributed by atoms with E-state index in [1.165, 1.54) is 22.3 Å².